The monoisotopic (exact) mass is 277 g/mol. The van der Waals surface area contributed by atoms with Gasteiger partial charge in [0.15, 0.2) is 0 Å². The van der Waals surface area contributed by atoms with Gasteiger partial charge < -0.3 is 10.2 Å². The van der Waals surface area contributed by atoms with Crippen molar-refractivity contribution in [3.05, 3.63) is 35.9 Å². The van der Waals surface area contributed by atoms with Crippen LogP contribution in [0.15, 0.2) is 30.3 Å². The summed E-state index contributed by atoms with van der Waals surface area (Å²) in [6.45, 7) is 4.08. The summed E-state index contributed by atoms with van der Waals surface area (Å²) in [5.74, 6) is -2.11. The predicted molar refractivity (Wildman–Crippen MR) is 73.2 cm³/mol. The molecule has 0 aliphatic carbocycles. The maximum atomic E-state index is 11.6. The Morgan fingerprint density at radius 3 is 1.90 bits per heavy atom. The number of nitrogens with zero attached hydrogens (tertiary/aromatic N) is 1. The van der Waals surface area contributed by atoms with Crippen LogP contribution in [0.25, 0.3) is 0 Å². The van der Waals surface area contributed by atoms with Crippen LogP contribution in [-0.4, -0.2) is 40.1 Å². The minimum Gasteiger partial charge on any atom is -0.481 e. The highest BCUT2D eigenvalue weighted by molar-refractivity contribution is 5.87. The second-order valence-electron chi connectivity index (χ2n) is 5.91. The SMILES string of the molecule is C[C@]1(C(=O)O)CN(Cc2ccccc2)C[C@]1(C)C(=O)O. The summed E-state index contributed by atoms with van der Waals surface area (Å²) in [6.07, 6.45) is 0. The van der Waals surface area contributed by atoms with Crippen LogP contribution in [0.3, 0.4) is 0 Å². The number of carboxylic acid groups (broad SMARTS) is 2. The molecule has 0 aromatic heterocycles. The van der Waals surface area contributed by atoms with Crippen LogP contribution >= 0.6 is 0 Å². The van der Waals surface area contributed by atoms with Gasteiger partial charge in [0.2, 0.25) is 0 Å². The molecule has 1 saturated heterocycles. The number of carbonyl (C=O) groups is 2. The van der Waals surface area contributed by atoms with Crippen molar-refractivity contribution in [2.24, 2.45) is 10.8 Å². The molecule has 0 amide bonds. The van der Waals surface area contributed by atoms with Crippen LogP contribution in [0, 0.1) is 10.8 Å². The first-order chi connectivity index (χ1) is 9.29. The Morgan fingerprint density at radius 1 is 1.05 bits per heavy atom. The zero-order valence-corrected chi connectivity index (χ0v) is 11.7. The maximum absolute atomic E-state index is 11.6. The number of likely N-dealkylation sites (tertiary alicyclic amines) is 1. The minimum absolute atomic E-state index is 0.236. The van der Waals surface area contributed by atoms with E-state index in [2.05, 4.69) is 0 Å². The van der Waals surface area contributed by atoms with Crippen LogP contribution in [0.2, 0.25) is 0 Å². The number of hydrogen-bond donors (Lipinski definition) is 2. The molecule has 1 aromatic carbocycles. The second-order valence-corrected chi connectivity index (χ2v) is 5.91. The molecule has 5 nitrogen and oxygen atoms in total. The number of carboxylic acids is 2. The van der Waals surface area contributed by atoms with Gasteiger partial charge in [-0.25, -0.2) is 0 Å². The van der Waals surface area contributed by atoms with Gasteiger partial charge in [0.1, 0.15) is 0 Å². The van der Waals surface area contributed by atoms with Crippen LogP contribution in [0.5, 0.6) is 0 Å². The molecule has 20 heavy (non-hydrogen) atoms. The molecule has 0 unspecified atom stereocenters. The molecule has 5 heteroatoms. The lowest BCUT2D eigenvalue weighted by atomic mass is 9.68. The quantitative estimate of drug-likeness (QED) is 0.875. The van der Waals surface area contributed by atoms with E-state index in [1.54, 1.807) is 0 Å². The summed E-state index contributed by atoms with van der Waals surface area (Å²) in [4.78, 5) is 25.0. The summed E-state index contributed by atoms with van der Waals surface area (Å²) in [6, 6.07) is 9.65. The van der Waals surface area contributed by atoms with E-state index in [-0.39, 0.29) is 13.1 Å². The fourth-order valence-corrected chi connectivity index (χ4v) is 2.86. The van der Waals surface area contributed by atoms with Crippen molar-refractivity contribution in [1.82, 2.24) is 4.90 Å². The smallest absolute Gasteiger partial charge is 0.311 e. The summed E-state index contributed by atoms with van der Waals surface area (Å²) in [5.41, 5.74) is -1.52. The summed E-state index contributed by atoms with van der Waals surface area (Å²) >= 11 is 0. The van der Waals surface area contributed by atoms with E-state index in [4.69, 9.17) is 0 Å². The Bertz CT molecular complexity index is 502. The van der Waals surface area contributed by atoms with Crippen molar-refractivity contribution in [2.45, 2.75) is 20.4 Å². The van der Waals surface area contributed by atoms with Gasteiger partial charge in [0.25, 0.3) is 0 Å². The molecular weight excluding hydrogens is 258 g/mol. The van der Waals surface area contributed by atoms with E-state index in [0.29, 0.717) is 6.54 Å². The molecule has 2 N–H and O–H groups in total. The van der Waals surface area contributed by atoms with Gasteiger partial charge in [0, 0.05) is 19.6 Å². The molecule has 1 heterocycles. The molecular formula is C15H19NO4. The summed E-state index contributed by atoms with van der Waals surface area (Å²) in [5, 5.41) is 18.9. The highest BCUT2D eigenvalue weighted by Gasteiger charge is 2.61. The van der Waals surface area contributed by atoms with Crippen molar-refractivity contribution >= 4 is 11.9 Å². The minimum atomic E-state index is -1.28. The summed E-state index contributed by atoms with van der Waals surface area (Å²) in [7, 11) is 0. The zero-order valence-electron chi connectivity index (χ0n) is 11.7. The third-order valence-corrected chi connectivity index (χ3v) is 4.49. The third-order valence-electron chi connectivity index (χ3n) is 4.49. The van der Waals surface area contributed by atoms with Crippen molar-refractivity contribution in [1.29, 1.82) is 0 Å². The fraction of sp³-hybridized carbons (Fsp3) is 0.467. The molecule has 0 bridgehead atoms. The van der Waals surface area contributed by atoms with E-state index in [0.717, 1.165) is 5.56 Å². The Labute approximate surface area is 117 Å². The van der Waals surface area contributed by atoms with Crippen molar-refractivity contribution < 1.29 is 19.8 Å². The molecule has 1 aliphatic heterocycles. The zero-order chi connectivity index (χ0) is 15.0. The highest BCUT2D eigenvalue weighted by atomic mass is 16.4. The number of benzene rings is 1. The van der Waals surface area contributed by atoms with Gasteiger partial charge in [0.05, 0.1) is 10.8 Å². The first-order valence-electron chi connectivity index (χ1n) is 6.53. The molecule has 2 atom stereocenters. The van der Waals surface area contributed by atoms with Crippen LogP contribution in [0.1, 0.15) is 19.4 Å². The molecule has 1 aromatic rings. The lowest BCUT2D eigenvalue weighted by molar-refractivity contribution is -0.166. The fourth-order valence-electron chi connectivity index (χ4n) is 2.86. The van der Waals surface area contributed by atoms with Gasteiger partial charge in [-0.05, 0) is 19.4 Å². The largest absolute Gasteiger partial charge is 0.481 e. The van der Waals surface area contributed by atoms with Gasteiger partial charge in [-0.15, -0.1) is 0 Å². The first kappa shape index (κ1) is 14.5. The van der Waals surface area contributed by atoms with E-state index in [1.807, 2.05) is 35.2 Å². The van der Waals surface area contributed by atoms with Crippen LogP contribution in [0.4, 0.5) is 0 Å². The van der Waals surface area contributed by atoms with E-state index < -0.39 is 22.8 Å². The topological polar surface area (TPSA) is 77.8 Å². The molecule has 2 rings (SSSR count). The average molecular weight is 277 g/mol. The predicted octanol–water partition coefficient (Wildman–Crippen LogP) is 1.68. The average Bonchev–Trinajstić information content (AvgIpc) is 2.64. The van der Waals surface area contributed by atoms with Gasteiger partial charge in [-0.2, -0.15) is 0 Å². The maximum Gasteiger partial charge on any atom is 0.311 e. The number of aliphatic carboxylic acids is 2. The standard InChI is InChI=1S/C15H19NO4/c1-14(12(17)18)9-16(10-15(14,2)13(19)20)8-11-6-4-3-5-7-11/h3-7H,8-10H2,1-2H3,(H,17,18)(H,19,20)/t14-,15-/m1/s1. The highest BCUT2D eigenvalue weighted by Crippen LogP contribution is 2.46. The molecule has 0 saturated carbocycles. The molecule has 0 radical (unpaired) electrons. The molecule has 0 spiro atoms. The number of rotatable bonds is 4. The molecule has 1 fully saturated rings. The Balaban J connectivity index is 2.25. The second kappa shape index (κ2) is 4.90. The van der Waals surface area contributed by atoms with Crippen LogP contribution in [-0.2, 0) is 16.1 Å². The Morgan fingerprint density at radius 2 is 1.50 bits per heavy atom. The molecule has 108 valence electrons. The lowest BCUT2D eigenvalue weighted by Gasteiger charge is -2.32. The van der Waals surface area contributed by atoms with Crippen molar-refractivity contribution in [3.63, 3.8) is 0 Å². The molecule has 1 aliphatic rings. The Hall–Kier alpha value is -1.88. The Kier molecular flexibility index (Phi) is 3.56. The van der Waals surface area contributed by atoms with Crippen molar-refractivity contribution in [2.75, 3.05) is 13.1 Å². The summed E-state index contributed by atoms with van der Waals surface area (Å²) < 4.78 is 0. The van der Waals surface area contributed by atoms with E-state index >= 15 is 0 Å². The van der Waals surface area contributed by atoms with Gasteiger partial charge in [-0.1, -0.05) is 30.3 Å². The van der Waals surface area contributed by atoms with Gasteiger partial charge >= 0.3 is 11.9 Å². The van der Waals surface area contributed by atoms with Crippen molar-refractivity contribution in [3.8, 4) is 0 Å². The normalized spacial score (nSPS) is 30.3. The van der Waals surface area contributed by atoms with Gasteiger partial charge in [-0.3, -0.25) is 14.5 Å². The number of hydrogen-bond acceptors (Lipinski definition) is 3. The van der Waals surface area contributed by atoms with Crippen LogP contribution < -0.4 is 0 Å². The first-order valence-corrected chi connectivity index (χ1v) is 6.53. The van der Waals surface area contributed by atoms with E-state index in [9.17, 15) is 19.8 Å². The van der Waals surface area contributed by atoms with E-state index in [1.165, 1.54) is 13.8 Å². The third kappa shape index (κ3) is 2.18. The lowest BCUT2D eigenvalue weighted by Crippen LogP contribution is -2.48.